The highest BCUT2D eigenvalue weighted by molar-refractivity contribution is 9.10. The Hall–Kier alpha value is -1.03. The number of rotatable bonds is 4. The number of aromatic carboxylic acids is 1. The van der Waals surface area contributed by atoms with Gasteiger partial charge in [0.05, 0.1) is 6.61 Å². The molecule has 1 aliphatic rings. The summed E-state index contributed by atoms with van der Waals surface area (Å²) in [5, 5.41) is 9.13. The zero-order valence-electron chi connectivity index (χ0n) is 10.2. The van der Waals surface area contributed by atoms with E-state index in [9.17, 15) is 4.79 Å². The lowest BCUT2D eigenvalue weighted by Crippen LogP contribution is -2.16. The molecule has 4 heteroatoms. The molecule has 1 aromatic rings. The van der Waals surface area contributed by atoms with Crippen LogP contribution >= 0.6 is 15.9 Å². The summed E-state index contributed by atoms with van der Waals surface area (Å²) in [7, 11) is 0. The van der Waals surface area contributed by atoms with Gasteiger partial charge in [0, 0.05) is 4.47 Å². The van der Waals surface area contributed by atoms with E-state index >= 15 is 0 Å². The van der Waals surface area contributed by atoms with Gasteiger partial charge in [0.25, 0.3) is 0 Å². The third kappa shape index (κ3) is 3.48. The summed E-state index contributed by atoms with van der Waals surface area (Å²) >= 11 is 3.27. The van der Waals surface area contributed by atoms with Gasteiger partial charge in [0.2, 0.25) is 0 Å². The number of hydrogen-bond donors (Lipinski definition) is 1. The summed E-state index contributed by atoms with van der Waals surface area (Å²) in [6, 6.07) is 5.11. The number of ether oxygens (including phenoxy) is 1. The molecule has 1 fully saturated rings. The zero-order chi connectivity index (χ0) is 13.0. The minimum atomic E-state index is -0.949. The molecule has 0 heterocycles. The van der Waals surface area contributed by atoms with Crippen molar-refractivity contribution in [1.29, 1.82) is 0 Å². The van der Waals surface area contributed by atoms with Gasteiger partial charge in [-0.25, -0.2) is 4.79 Å². The van der Waals surface area contributed by atoms with Crippen LogP contribution in [-0.4, -0.2) is 17.7 Å². The summed E-state index contributed by atoms with van der Waals surface area (Å²) < 4.78 is 6.45. The summed E-state index contributed by atoms with van der Waals surface area (Å²) in [6.07, 6.45) is 6.23. The lowest BCUT2D eigenvalue weighted by atomic mass is 9.90. The first kappa shape index (κ1) is 13.4. The minimum absolute atomic E-state index is 0.222. The van der Waals surface area contributed by atoms with Crippen molar-refractivity contribution in [3.63, 3.8) is 0 Å². The molecule has 0 radical (unpaired) electrons. The van der Waals surface area contributed by atoms with Crippen LogP contribution in [0.5, 0.6) is 5.75 Å². The topological polar surface area (TPSA) is 46.5 Å². The maximum Gasteiger partial charge on any atom is 0.339 e. The van der Waals surface area contributed by atoms with Crippen LogP contribution in [0, 0.1) is 5.92 Å². The largest absolute Gasteiger partial charge is 0.492 e. The van der Waals surface area contributed by atoms with Crippen LogP contribution in [0.25, 0.3) is 0 Å². The Kier molecular flexibility index (Phi) is 4.64. The highest BCUT2D eigenvalue weighted by atomic mass is 79.9. The van der Waals surface area contributed by atoms with E-state index in [1.165, 1.54) is 32.1 Å². The van der Waals surface area contributed by atoms with E-state index < -0.39 is 5.97 Å². The van der Waals surface area contributed by atoms with E-state index in [1.54, 1.807) is 12.1 Å². The molecule has 0 atom stereocenters. The second kappa shape index (κ2) is 6.23. The summed E-state index contributed by atoms with van der Waals surface area (Å²) in [6.45, 7) is 0.627. The normalized spacial score (nSPS) is 16.5. The summed E-state index contributed by atoms with van der Waals surface area (Å²) in [5.74, 6) is 0.0928. The van der Waals surface area contributed by atoms with Crippen molar-refractivity contribution in [2.45, 2.75) is 32.1 Å². The Morgan fingerprint density at radius 3 is 2.72 bits per heavy atom. The van der Waals surface area contributed by atoms with Crippen molar-refractivity contribution in [3.05, 3.63) is 28.2 Å². The molecule has 0 unspecified atom stereocenters. The Morgan fingerprint density at radius 1 is 1.33 bits per heavy atom. The number of hydrogen-bond acceptors (Lipinski definition) is 2. The van der Waals surface area contributed by atoms with Gasteiger partial charge in [0.15, 0.2) is 0 Å². The van der Waals surface area contributed by atoms with Crippen LogP contribution in [0.1, 0.15) is 42.5 Å². The smallest absolute Gasteiger partial charge is 0.339 e. The van der Waals surface area contributed by atoms with Gasteiger partial charge in [-0.1, -0.05) is 35.2 Å². The molecule has 0 saturated heterocycles. The van der Waals surface area contributed by atoms with Gasteiger partial charge in [-0.2, -0.15) is 0 Å². The van der Waals surface area contributed by atoms with E-state index in [4.69, 9.17) is 9.84 Å². The van der Waals surface area contributed by atoms with Gasteiger partial charge < -0.3 is 9.84 Å². The molecule has 1 N–H and O–H groups in total. The molecular formula is C14H17BrO3. The van der Waals surface area contributed by atoms with Crippen LogP contribution in [0.4, 0.5) is 0 Å². The van der Waals surface area contributed by atoms with Crippen LogP contribution in [0.15, 0.2) is 22.7 Å². The summed E-state index contributed by atoms with van der Waals surface area (Å²) in [5.41, 5.74) is 0.222. The maximum absolute atomic E-state index is 11.1. The predicted molar refractivity (Wildman–Crippen MR) is 73.2 cm³/mol. The molecule has 0 amide bonds. The van der Waals surface area contributed by atoms with Gasteiger partial charge >= 0.3 is 5.97 Å². The Labute approximate surface area is 115 Å². The van der Waals surface area contributed by atoms with E-state index in [2.05, 4.69) is 15.9 Å². The first-order valence-electron chi connectivity index (χ1n) is 6.32. The Balaban J connectivity index is 2.01. The molecule has 98 valence electrons. The fourth-order valence-corrected chi connectivity index (χ4v) is 2.72. The first-order chi connectivity index (χ1) is 8.66. The van der Waals surface area contributed by atoms with Crippen molar-refractivity contribution in [2.24, 2.45) is 5.92 Å². The van der Waals surface area contributed by atoms with Crippen LogP contribution in [0.3, 0.4) is 0 Å². The van der Waals surface area contributed by atoms with Crippen LogP contribution in [0.2, 0.25) is 0 Å². The number of carboxylic acid groups (broad SMARTS) is 1. The van der Waals surface area contributed by atoms with Gasteiger partial charge in [-0.15, -0.1) is 0 Å². The highest BCUT2D eigenvalue weighted by Gasteiger charge is 2.16. The molecule has 0 aromatic heterocycles. The molecule has 0 spiro atoms. The average Bonchev–Trinajstić information content (AvgIpc) is 2.38. The van der Waals surface area contributed by atoms with Gasteiger partial charge in [-0.3, -0.25) is 0 Å². The molecule has 2 rings (SSSR count). The van der Waals surface area contributed by atoms with Gasteiger partial charge in [0.1, 0.15) is 11.3 Å². The third-order valence-corrected chi connectivity index (χ3v) is 3.86. The molecular weight excluding hydrogens is 296 g/mol. The molecule has 0 bridgehead atoms. The SMILES string of the molecule is O=C(O)c1cc(Br)ccc1OCC1CCCCC1. The van der Waals surface area contributed by atoms with Crippen molar-refractivity contribution in [3.8, 4) is 5.75 Å². The molecule has 0 aliphatic heterocycles. The Bertz CT molecular complexity index is 425. The fourth-order valence-electron chi connectivity index (χ4n) is 2.36. The van der Waals surface area contributed by atoms with Gasteiger partial charge in [-0.05, 0) is 37.0 Å². The number of carbonyl (C=O) groups is 1. The molecule has 1 aromatic carbocycles. The van der Waals surface area contributed by atoms with E-state index in [0.717, 1.165) is 4.47 Å². The van der Waals surface area contributed by atoms with Crippen molar-refractivity contribution >= 4 is 21.9 Å². The highest BCUT2D eigenvalue weighted by Crippen LogP contribution is 2.27. The molecule has 18 heavy (non-hydrogen) atoms. The second-order valence-electron chi connectivity index (χ2n) is 4.76. The third-order valence-electron chi connectivity index (χ3n) is 3.37. The zero-order valence-corrected chi connectivity index (χ0v) is 11.8. The van der Waals surface area contributed by atoms with E-state index in [-0.39, 0.29) is 5.56 Å². The van der Waals surface area contributed by atoms with Crippen molar-refractivity contribution < 1.29 is 14.6 Å². The molecule has 3 nitrogen and oxygen atoms in total. The average molecular weight is 313 g/mol. The van der Waals surface area contributed by atoms with Crippen LogP contribution < -0.4 is 4.74 Å². The van der Waals surface area contributed by atoms with Crippen molar-refractivity contribution in [2.75, 3.05) is 6.61 Å². The minimum Gasteiger partial charge on any atom is -0.492 e. The quantitative estimate of drug-likeness (QED) is 0.910. The number of benzene rings is 1. The maximum atomic E-state index is 11.1. The summed E-state index contributed by atoms with van der Waals surface area (Å²) in [4.78, 5) is 11.1. The monoisotopic (exact) mass is 312 g/mol. The lowest BCUT2D eigenvalue weighted by Gasteiger charge is -2.22. The lowest BCUT2D eigenvalue weighted by molar-refractivity contribution is 0.0690. The van der Waals surface area contributed by atoms with Crippen LogP contribution in [-0.2, 0) is 0 Å². The van der Waals surface area contributed by atoms with E-state index in [1.807, 2.05) is 6.07 Å². The molecule has 1 aliphatic carbocycles. The first-order valence-corrected chi connectivity index (χ1v) is 7.12. The molecule has 1 saturated carbocycles. The predicted octanol–water partition coefficient (Wildman–Crippen LogP) is 4.11. The van der Waals surface area contributed by atoms with Crippen molar-refractivity contribution in [1.82, 2.24) is 0 Å². The standard InChI is InChI=1S/C14H17BrO3/c15-11-6-7-13(12(8-11)14(16)17)18-9-10-4-2-1-3-5-10/h6-8,10H,1-5,9H2,(H,16,17). The fraction of sp³-hybridized carbons (Fsp3) is 0.500. The Morgan fingerprint density at radius 2 is 2.06 bits per heavy atom. The number of carboxylic acids is 1. The number of halogens is 1. The second-order valence-corrected chi connectivity index (χ2v) is 5.68. The van der Waals surface area contributed by atoms with E-state index in [0.29, 0.717) is 18.3 Å².